The highest BCUT2D eigenvalue weighted by Gasteiger charge is 2.49. The quantitative estimate of drug-likeness (QED) is 0.797. The molecule has 0 amide bonds. The van der Waals surface area contributed by atoms with E-state index in [9.17, 15) is 10.2 Å². The molecule has 2 aromatic rings. The third-order valence-electron chi connectivity index (χ3n) is 6.11. The molecule has 1 unspecified atom stereocenters. The minimum Gasteiger partial charge on any atom is -0.389 e. The summed E-state index contributed by atoms with van der Waals surface area (Å²) in [6, 6.07) is 19.8. The normalized spacial score (nSPS) is 30.2. The van der Waals surface area contributed by atoms with Gasteiger partial charge < -0.3 is 15.1 Å². The van der Waals surface area contributed by atoms with Crippen LogP contribution < -0.4 is 4.90 Å². The van der Waals surface area contributed by atoms with E-state index >= 15 is 0 Å². The van der Waals surface area contributed by atoms with Crippen LogP contribution in [0.25, 0.3) is 0 Å². The Morgan fingerprint density at radius 2 is 1.48 bits per heavy atom. The lowest BCUT2D eigenvalue weighted by Gasteiger charge is -2.47. The molecule has 3 N–H and O–H groups in total. The zero-order chi connectivity index (χ0) is 18.1. The fourth-order valence-electron chi connectivity index (χ4n) is 4.27. The molecule has 0 aliphatic carbocycles. The van der Waals surface area contributed by atoms with E-state index in [4.69, 9.17) is 0 Å². The zero-order valence-electron chi connectivity index (χ0n) is 15.4. The van der Waals surface area contributed by atoms with Crippen molar-refractivity contribution >= 4 is 0 Å². The van der Waals surface area contributed by atoms with E-state index in [-0.39, 0.29) is 5.92 Å². The molecule has 4 atom stereocenters. The van der Waals surface area contributed by atoms with Gasteiger partial charge in [-0.25, -0.2) is 0 Å². The average Bonchev–Trinajstić information content (AvgIpc) is 2.61. The lowest BCUT2D eigenvalue weighted by atomic mass is 9.69. The molecule has 0 bridgehead atoms. The van der Waals surface area contributed by atoms with Gasteiger partial charge in [-0.15, -0.1) is 0 Å². The molecule has 25 heavy (non-hydrogen) atoms. The highest BCUT2D eigenvalue weighted by molar-refractivity contribution is 5.36. The molecule has 3 rings (SSSR count). The van der Waals surface area contributed by atoms with Crippen molar-refractivity contribution in [1.29, 1.82) is 0 Å². The second-order valence-corrected chi connectivity index (χ2v) is 7.93. The topological polar surface area (TPSA) is 44.9 Å². The number of rotatable bonds is 4. The maximum atomic E-state index is 11.8. The van der Waals surface area contributed by atoms with Gasteiger partial charge in [0.05, 0.1) is 25.2 Å². The first-order chi connectivity index (χ1) is 11.8. The van der Waals surface area contributed by atoms with Crippen molar-refractivity contribution < 1.29 is 15.1 Å². The number of likely N-dealkylation sites (tertiary alicyclic amines) is 1. The standard InChI is InChI=1S/C22H29NO2/c1-17-15-23(3)18(2)14-21(17,24)16-22(25,19-10-6-4-7-11-19)20-12-8-5-9-13-20/h4-13,17-18,24-25H,14-16H2,1-3H3/p+1/t17-,18+,21-/m1/s1. The first-order valence-electron chi connectivity index (χ1n) is 9.23. The van der Waals surface area contributed by atoms with Crippen molar-refractivity contribution in [1.82, 2.24) is 0 Å². The molecule has 0 spiro atoms. The van der Waals surface area contributed by atoms with Crippen molar-refractivity contribution in [2.45, 2.75) is 43.9 Å². The molecule has 3 nitrogen and oxygen atoms in total. The third kappa shape index (κ3) is 3.50. The molecule has 0 radical (unpaired) electrons. The maximum Gasteiger partial charge on any atom is 0.117 e. The summed E-state index contributed by atoms with van der Waals surface area (Å²) in [5.41, 5.74) is -0.419. The second-order valence-electron chi connectivity index (χ2n) is 7.93. The summed E-state index contributed by atoms with van der Waals surface area (Å²) in [7, 11) is 2.18. The lowest BCUT2D eigenvalue weighted by molar-refractivity contribution is -0.916. The average molecular weight is 340 g/mol. The summed E-state index contributed by atoms with van der Waals surface area (Å²) >= 11 is 0. The largest absolute Gasteiger partial charge is 0.389 e. The Morgan fingerprint density at radius 3 is 1.96 bits per heavy atom. The van der Waals surface area contributed by atoms with Crippen LogP contribution in [0.2, 0.25) is 0 Å². The minimum atomic E-state index is -1.20. The summed E-state index contributed by atoms with van der Waals surface area (Å²) < 4.78 is 0. The van der Waals surface area contributed by atoms with E-state index in [1.54, 1.807) is 0 Å². The highest BCUT2D eigenvalue weighted by Crippen LogP contribution is 2.41. The molecule has 1 heterocycles. The van der Waals surface area contributed by atoms with E-state index in [1.165, 1.54) is 4.90 Å². The molecular formula is C22H30NO2+. The van der Waals surface area contributed by atoms with Gasteiger partial charge in [0.2, 0.25) is 0 Å². The number of piperidine rings is 1. The Kier molecular flexibility index (Phi) is 5.01. The van der Waals surface area contributed by atoms with Crippen LogP contribution in [0.5, 0.6) is 0 Å². The smallest absolute Gasteiger partial charge is 0.117 e. The van der Waals surface area contributed by atoms with Crippen molar-refractivity contribution in [3.63, 3.8) is 0 Å². The van der Waals surface area contributed by atoms with Crippen LogP contribution >= 0.6 is 0 Å². The van der Waals surface area contributed by atoms with Crippen LogP contribution in [-0.4, -0.2) is 35.4 Å². The van der Waals surface area contributed by atoms with Crippen molar-refractivity contribution in [2.75, 3.05) is 13.6 Å². The first kappa shape index (κ1) is 18.1. The Bertz CT molecular complexity index is 648. The van der Waals surface area contributed by atoms with Gasteiger partial charge in [0.25, 0.3) is 0 Å². The van der Waals surface area contributed by atoms with Crippen LogP contribution in [0.1, 0.15) is 37.8 Å². The van der Waals surface area contributed by atoms with Gasteiger partial charge in [0, 0.05) is 18.8 Å². The lowest BCUT2D eigenvalue weighted by Crippen LogP contribution is -3.15. The molecule has 1 aliphatic heterocycles. The monoisotopic (exact) mass is 340 g/mol. The first-order valence-corrected chi connectivity index (χ1v) is 9.23. The van der Waals surface area contributed by atoms with Crippen molar-refractivity contribution in [3.05, 3.63) is 71.8 Å². The minimum absolute atomic E-state index is 0.127. The summed E-state index contributed by atoms with van der Waals surface area (Å²) in [6.45, 7) is 5.19. The zero-order valence-corrected chi connectivity index (χ0v) is 15.4. The number of aliphatic hydroxyl groups is 2. The van der Waals surface area contributed by atoms with Gasteiger partial charge in [0.15, 0.2) is 0 Å². The number of benzene rings is 2. The fraction of sp³-hybridized carbons (Fsp3) is 0.455. The van der Waals surface area contributed by atoms with Crippen LogP contribution in [0.4, 0.5) is 0 Å². The fourth-order valence-corrected chi connectivity index (χ4v) is 4.27. The molecule has 1 aliphatic rings. The molecule has 0 saturated carbocycles. The second kappa shape index (κ2) is 6.91. The molecule has 134 valence electrons. The van der Waals surface area contributed by atoms with Crippen molar-refractivity contribution in [2.24, 2.45) is 5.92 Å². The van der Waals surface area contributed by atoms with E-state index in [2.05, 4.69) is 20.9 Å². The Morgan fingerprint density at radius 1 is 1.00 bits per heavy atom. The van der Waals surface area contributed by atoms with E-state index in [1.807, 2.05) is 60.7 Å². The van der Waals surface area contributed by atoms with Gasteiger partial charge in [-0.05, 0) is 18.1 Å². The molecule has 3 heteroatoms. The van der Waals surface area contributed by atoms with Gasteiger partial charge in [-0.3, -0.25) is 0 Å². The van der Waals surface area contributed by atoms with E-state index in [0.29, 0.717) is 18.9 Å². The van der Waals surface area contributed by atoms with Gasteiger partial charge in [-0.1, -0.05) is 67.6 Å². The number of nitrogens with one attached hydrogen (secondary N) is 1. The SMILES string of the molecule is C[C@@H]1C[NH+](C)[C@@H](C)C[C@@]1(O)CC(O)(c1ccccc1)c1ccccc1. The molecule has 1 saturated heterocycles. The van der Waals surface area contributed by atoms with E-state index in [0.717, 1.165) is 17.7 Å². The Labute approximate surface area is 150 Å². The Hall–Kier alpha value is -1.68. The summed E-state index contributed by atoms with van der Waals surface area (Å²) in [4.78, 5) is 1.44. The summed E-state index contributed by atoms with van der Waals surface area (Å²) in [5.74, 6) is 0.127. The third-order valence-corrected chi connectivity index (χ3v) is 6.11. The predicted molar refractivity (Wildman–Crippen MR) is 100 cm³/mol. The van der Waals surface area contributed by atoms with E-state index < -0.39 is 11.2 Å². The summed E-state index contributed by atoms with van der Waals surface area (Å²) in [6.07, 6.45) is 1.01. The van der Waals surface area contributed by atoms with Gasteiger partial charge >= 0.3 is 0 Å². The molecule has 0 aromatic heterocycles. The highest BCUT2D eigenvalue weighted by atomic mass is 16.3. The molecular weight excluding hydrogens is 310 g/mol. The maximum absolute atomic E-state index is 11.8. The predicted octanol–water partition coefficient (Wildman–Crippen LogP) is 1.99. The van der Waals surface area contributed by atoms with Crippen LogP contribution in [0.3, 0.4) is 0 Å². The van der Waals surface area contributed by atoms with Gasteiger partial charge in [0.1, 0.15) is 5.60 Å². The molecule has 2 aromatic carbocycles. The number of hydrogen-bond acceptors (Lipinski definition) is 2. The van der Waals surface area contributed by atoms with Crippen LogP contribution in [0.15, 0.2) is 60.7 Å². The Balaban J connectivity index is 2.02. The van der Waals surface area contributed by atoms with Gasteiger partial charge in [-0.2, -0.15) is 0 Å². The van der Waals surface area contributed by atoms with Crippen LogP contribution in [-0.2, 0) is 5.60 Å². The van der Waals surface area contributed by atoms with Crippen molar-refractivity contribution in [3.8, 4) is 0 Å². The molecule has 1 fully saturated rings. The summed E-state index contributed by atoms with van der Waals surface area (Å²) in [5, 5.41) is 23.3. The van der Waals surface area contributed by atoms with Crippen LogP contribution in [0, 0.1) is 5.92 Å². The number of quaternary nitrogens is 1. The number of hydrogen-bond donors (Lipinski definition) is 3.